The van der Waals surface area contributed by atoms with Crippen LogP contribution in [0.15, 0.2) is 33.0 Å². The fourth-order valence-electron chi connectivity index (χ4n) is 1.77. The van der Waals surface area contributed by atoms with Crippen LogP contribution in [-0.2, 0) is 4.84 Å². The van der Waals surface area contributed by atoms with E-state index in [1.807, 2.05) is 0 Å². The number of rotatable bonds is 2. The average Bonchev–Trinajstić information content (AvgIpc) is 2.95. The maximum Gasteiger partial charge on any atom is 0.250 e. The Balaban J connectivity index is 2.39. The monoisotopic (exact) mass is 426 g/mol. The molecule has 0 saturated carbocycles. The van der Waals surface area contributed by atoms with Crippen molar-refractivity contribution in [3.05, 3.63) is 33.0 Å². The third-order valence-corrected chi connectivity index (χ3v) is 3.96. The third kappa shape index (κ3) is 3.23. The second-order valence-electron chi connectivity index (χ2n) is 4.28. The summed E-state index contributed by atoms with van der Waals surface area (Å²) in [6.07, 6.45) is 1.54. The summed E-state index contributed by atoms with van der Waals surface area (Å²) in [5.41, 5.74) is 1.63. The minimum absolute atomic E-state index is 0.0956. The number of halogens is 2. The topological polar surface area (TPSA) is 65.0 Å². The number of nitrogens with one attached hydrogen (secondary N) is 1. The highest BCUT2D eigenvalue weighted by atomic mass is 79.9. The SMILES string of the molecule is CC#CC(O)(C#CC)C1=CN(c2cc(Br)c(O)c(Br)c2)NO1. The number of hydrogen-bond donors (Lipinski definition) is 3. The summed E-state index contributed by atoms with van der Waals surface area (Å²) in [7, 11) is 0. The van der Waals surface area contributed by atoms with Gasteiger partial charge in [0, 0.05) is 0 Å². The number of anilines is 1. The van der Waals surface area contributed by atoms with E-state index in [1.54, 1.807) is 32.2 Å². The first-order valence-electron chi connectivity index (χ1n) is 6.13. The van der Waals surface area contributed by atoms with Gasteiger partial charge >= 0.3 is 0 Å². The number of phenolic OH excluding ortho intramolecular Hbond substituents is 1. The largest absolute Gasteiger partial charge is 0.506 e. The summed E-state index contributed by atoms with van der Waals surface area (Å²) in [4.78, 5) is 5.29. The lowest BCUT2D eigenvalue weighted by Crippen LogP contribution is -2.30. The number of phenols is 1. The van der Waals surface area contributed by atoms with Gasteiger partial charge in [-0.2, -0.15) is 0 Å². The van der Waals surface area contributed by atoms with Crippen LogP contribution < -0.4 is 10.6 Å². The number of aromatic hydroxyl groups is 1. The van der Waals surface area contributed by atoms with Gasteiger partial charge in [0.05, 0.1) is 20.8 Å². The van der Waals surface area contributed by atoms with E-state index in [4.69, 9.17) is 4.84 Å². The average molecular weight is 428 g/mol. The van der Waals surface area contributed by atoms with Gasteiger partial charge in [-0.05, 0) is 69.7 Å². The summed E-state index contributed by atoms with van der Waals surface area (Å²) in [5, 5.41) is 21.7. The van der Waals surface area contributed by atoms with Gasteiger partial charge in [-0.15, -0.1) is 11.8 Å². The van der Waals surface area contributed by atoms with E-state index in [0.717, 1.165) is 0 Å². The summed E-state index contributed by atoms with van der Waals surface area (Å²) >= 11 is 6.52. The molecule has 1 aromatic carbocycles. The Kier molecular flexibility index (Phi) is 5.05. The molecule has 0 bridgehead atoms. The predicted molar refractivity (Wildman–Crippen MR) is 90.1 cm³/mol. The van der Waals surface area contributed by atoms with Crippen molar-refractivity contribution in [2.24, 2.45) is 0 Å². The first kappa shape index (κ1) is 16.7. The third-order valence-electron chi connectivity index (χ3n) is 2.75. The lowest BCUT2D eigenvalue weighted by molar-refractivity contribution is 0.0572. The molecule has 1 aliphatic rings. The van der Waals surface area contributed by atoms with E-state index in [1.165, 1.54) is 5.01 Å². The van der Waals surface area contributed by atoms with Gasteiger partial charge in [0.2, 0.25) is 5.76 Å². The Morgan fingerprint density at radius 3 is 2.23 bits per heavy atom. The van der Waals surface area contributed by atoms with Gasteiger partial charge in [0.1, 0.15) is 5.75 Å². The zero-order valence-corrected chi connectivity index (χ0v) is 14.9. The molecule has 2 rings (SSSR count). The van der Waals surface area contributed by atoms with Crippen LogP contribution in [-0.4, -0.2) is 15.8 Å². The van der Waals surface area contributed by atoms with Crippen molar-refractivity contribution in [1.29, 1.82) is 0 Å². The van der Waals surface area contributed by atoms with Crippen molar-refractivity contribution in [2.45, 2.75) is 19.4 Å². The van der Waals surface area contributed by atoms with Gasteiger partial charge in [0.25, 0.3) is 5.60 Å². The Labute approximate surface area is 145 Å². The van der Waals surface area contributed by atoms with Crippen LogP contribution in [0, 0.1) is 23.7 Å². The number of aliphatic hydroxyl groups is 1. The fourth-order valence-corrected chi connectivity index (χ4v) is 2.93. The van der Waals surface area contributed by atoms with E-state index in [0.29, 0.717) is 14.6 Å². The number of hydrazine groups is 1. The zero-order valence-electron chi connectivity index (χ0n) is 11.7. The lowest BCUT2D eigenvalue weighted by Gasteiger charge is -2.15. The molecular weight excluding hydrogens is 416 g/mol. The van der Waals surface area contributed by atoms with Crippen molar-refractivity contribution < 1.29 is 15.1 Å². The van der Waals surface area contributed by atoms with E-state index in [9.17, 15) is 10.2 Å². The molecule has 22 heavy (non-hydrogen) atoms. The van der Waals surface area contributed by atoms with Crippen LogP contribution in [0.5, 0.6) is 5.75 Å². The molecule has 0 aromatic heterocycles. The zero-order chi connectivity index (χ0) is 16.3. The van der Waals surface area contributed by atoms with Crippen LogP contribution in [0.2, 0.25) is 0 Å². The van der Waals surface area contributed by atoms with Crippen LogP contribution >= 0.6 is 31.9 Å². The molecular formula is C15H12Br2N2O3. The molecule has 0 atom stereocenters. The highest BCUT2D eigenvalue weighted by Gasteiger charge is 2.34. The predicted octanol–water partition coefficient (Wildman–Crippen LogP) is 2.79. The lowest BCUT2D eigenvalue weighted by atomic mass is 10.0. The summed E-state index contributed by atoms with van der Waals surface area (Å²) < 4.78 is 1.02. The van der Waals surface area contributed by atoms with Gasteiger partial charge < -0.3 is 15.1 Å². The number of hydrogen-bond acceptors (Lipinski definition) is 5. The fraction of sp³-hybridized carbons (Fsp3) is 0.200. The van der Waals surface area contributed by atoms with Crippen molar-refractivity contribution in [3.63, 3.8) is 0 Å². The van der Waals surface area contributed by atoms with Crippen molar-refractivity contribution >= 4 is 37.5 Å². The second kappa shape index (κ2) is 6.64. The second-order valence-corrected chi connectivity index (χ2v) is 5.98. The molecule has 3 N–H and O–H groups in total. The van der Waals surface area contributed by atoms with E-state index >= 15 is 0 Å². The molecule has 5 nitrogen and oxygen atoms in total. The highest BCUT2D eigenvalue weighted by molar-refractivity contribution is 9.11. The van der Waals surface area contributed by atoms with Crippen molar-refractivity contribution in [1.82, 2.24) is 5.59 Å². The minimum atomic E-state index is -1.68. The van der Waals surface area contributed by atoms with Crippen LogP contribution in [0.3, 0.4) is 0 Å². The normalized spacial score (nSPS) is 13.5. The van der Waals surface area contributed by atoms with Crippen LogP contribution in [0.25, 0.3) is 0 Å². The highest BCUT2D eigenvalue weighted by Crippen LogP contribution is 2.37. The quantitative estimate of drug-likeness (QED) is 0.633. The van der Waals surface area contributed by atoms with E-state index in [-0.39, 0.29) is 11.5 Å². The molecule has 1 aromatic rings. The Bertz CT molecular complexity index is 711. The minimum Gasteiger partial charge on any atom is -0.506 e. The molecule has 0 fully saturated rings. The molecule has 1 heterocycles. The molecule has 0 spiro atoms. The standard InChI is InChI=1S/C15H12Br2N2O3/c1-3-5-15(21,6-4-2)13-9-19(18-22-13)10-7-11(16)14(20)12(17)8-10/h7-9,18,20-21H,1-2H3. The maximum absolute atomic E-state index is 10.5. The van der Waals surface area contributed by atoms with E-state index in [2.05, 4.69) is 61.1 Å². The van der Waals surface area contributed by atoms with Gasteiger partial charge in [-0.1, -0.05) is 5.59 Å². The van der Waals surface area contributed by atoms with Crippen LogP contribution in [0.1, 0.15) is 13.8 Å². The smallest absolute Gasteiger partial charge is 0.250 e. The summed E-state index contributed by atoms with van der Waals surface area (Å²) in [6, 6.07) is 3.37. The first-order valence-corrected chi connectivity index (χ1v) is 7.72. The summed E-state index contributed by atoms with van der Waals surface area (Å²) in [6.45, 7) is 3.22. The number of nitrogens with zero attached hydrogens (tertiary/aromatic N) is 1. The van der Waals surface area contributed by atoms with Gasteiger partial charge in [-0.25, -0.2) is 5.01 Å². The van der Waals surface area contributed by atoms with Crippen LogP contribution in [0.4, 0.5) is 5.69 Å². The molecule has 1 aliphatic heterocycles. The van der Waals surface area contributed by atoms with Crippen molar-refractivity contribution in [3.8, 4) is 29.4 Å². The van der Waals surface area contributed by atoms with Gasteiger partial charge in [0.15, 0.2) is 0 Å². The Morgan fingerprint density at radius 2 is 1.73 bits per heavy atom. The summed E-state index contributed by atoms with van der Waals surface area (Å²) in [5.74, 6) is 10.8. The Morgan fingerprint density at radius 1 is 1.18 bits per heavy atom. The molecule has 0 unspecified atom stereocenters. The molecule has 7 heteroatoms. The maximum atomic E-state index is 10.5. The van der Waals surface area contributed by atoms with Gasteiger partial charge in [-0.3, -0.25) is 0 Å². The molecule has 0 aliphatic carbocycles. The Hall–Kier alpha value is -1.64. The molecule has 114 valence electrons. The van der Waals surface area contributed by atoms with E-state index < -0.39 is 5.60 Å². The molecule has 0 radical (unpaired) electrons. The molecule has 0 amide bonds. The number of benzene rings is 1. The first-order chi connectivity index (χ1) is 10.4. The molecule has 0 saturated heterocycles. The van der Waals surface area contributed by atoms with Crippen molar-refractivity contribution in [2.75, 3.05) is 5.01 Å².